The van der Waals surface area contributed by atoms with Crippen LogP contribution in [-0.2, 0) is 0 Å². The fourth-order valence-electron chi connectivity index (χ4n) is 3.28. The number of pyridine rings is 1. The van der Waals surface area contributed by atoms with Crippen LogP contribution in [-0.4, -0.2) is 45.5 Å². The molecule has 25 heavy (non-hydrogen) atoms. The van der Waals surface area contributed by atoms with Gasteiger partial charge in [-0.15, -0.1) is 11.8 Å². The second kappa shape index (κ2) is 6.29. The van der Waals surface area contributed by atoms with Crippen molar-refractivity contribution < 1.29 is 18.3 Å². The van der Waals surface area contributed by atoms with Gasteiger partial charge >= 0.3 is 0 Å². The first-order valence-corrected chi connectivity index (χ1v) is 8.99. The molecule has 2 aliphatic heterocycles. The van der Waals surface area contributed by atoms with E-state index in [1.807, 2.05) is 0 Å². The Bertz CT molecular complexity index is 794. The molecule has 1 aromatic carbocycles. The van der Waals surface area contributed by atoms with Gasteiger partial charge in [-0.05, 0) is 36.4 Å². The van der Waals surface area contributed by atoms with Crippen molar-refractivity contribution in [1.82, 2.24) is 9.88 Å². The van der Waals surface area contributed by atoms with E-state index in [4.69, 9.17) is 4.74 Å². The van der Waals surface area contributed by atoms with E-state index < -0.39 is 5.82 Å². The van der Waals surface area contributed by atoms with Gasteiger partial charge in [0.25, 0.3) is 11.8 Å². The van der Waals surface area contributed by atoms with Gasteiger partial charge < -0.3 is 9.64 Å². The number of thioether (sulfide) groups is 1. The third-order valence-electron chi connectivity index (χ3n) is 4.51. The van der Waals surface area contributed by atoms with Gasteiger partial charge in [-0.2, -0.15) is 0 Å². The minimum Gasteiger partial charge on any atom is -0.471 e. The molecule has 7 heteroatoms. The summed E-state index contributed by atoms with van der Waals surface area (Å²) in [7, 11) is 0. The zero-order valence-corrected chi connectivity index (χ0v) is 14.1. The predicted octanol–water partition coefficient (Wildman–Crippen LogP) is 3.14. The van der Waals surface area contributed by atoms with Gasteiger partial charge in [-0.25, -0.2) is 13.8 Å². The third kappa shape index (κ3) is 3.20. The lowest BCUT2D eigenvalue weighted by Crippen LogP contribution is -2.60. The monoisotopic (exact) mass is 362 g/mol. The SMILES string of the molecule is O=C(c1ccc(F)cc1)N1CC2(C[C@@H](Oc3ncccc3F)CS2)C1. The standard InChI is InChI=1S/C18H16F2N2O2S/c19-13-5-3-12(4-6-13)17(23)22-10-18(11-22)8-14(9-25-18)24-16-15(20)2-1-7-21-16/h1-7,14H,8-11H2/t14-/m1/s1. The molecule has 1 spiro atoms. The number of amides is 1. The van der Waals surface area contributed by atoms with Crippen molar-refractivity contribution in [2.24, 2.45) is 0 Å². The van der Waals surface area contributed by atoms with Crippen LogP contribution in [0.2, 0.25) is 0 Å². The summed E-state index contributed by atoms with van der Waals surface area (Å²) in [6.07, 6.45) is 2.14. The second-order valence-corrected chi connectivity index (χ2v) is 7.88. The number of benzene rings is 1. The van der Waals surface area contributed by atoms with Gasteiger partial charge in [0.1, 0.15) is 11.9 Å². The van der Waals surface area contributed by atoms with Crippen LogP contribution in [0, 0.1) is 11.6 Å². The number of halogens is 2. The highest BCUT2D eigenvalue weighted by Crippen LogP contribution is 2.46. The lowest BCUT2D eigenvalue weighted by molar-refractivity contribution is 0.0514. The summed E-state index contributed by atoms with van der Waals surface area (Å²) in [6, 6.07) is 8.43. The van der Waals surface area contributed by atoms with Gasteiger partial charge in [0.15, 0.2) is 5.82 Å². The normalized spacial score (nSPS) is 21.2. The van der Waals surface area contributed by atoms with Crippen LogP contribution in [0.4, 0.5) is 8.78 Å². The van der Waals surface area contributed by atoms with Gasteiger partial charge in [-0.1, -0.05) is 0 Å². The molecule has 0 bridgehead atoms. The molecule has 3 heterocycles. The number of nitrogens with zero attached hydrogens (tertiary/aromatic N) is 2. The van der Waals surface area contributed by atoms with Crippen molar-refractivity contribution in [1.29, 1.82) is 0 Å². The predicted molar refractivity (Wildman–Crippen MR) is 90.7 cm³/mol. The number of hydrogen-bond donors (Lipinski definition) is 0. The maximum Gasteiger partial charge on any atom is 0.253 e. The Morgan fingerprint density at radius 3 is 2.72 bits per heavy atom. The lowest BCUT2D eigenvalue weighted by Gasteiger charge is -2.47. The van der Waals surface area contributed by atoms with Gasteiger partial charge in [-0.3, -0.25) is 4.79 Å². The van der Waals surface area contributed by atoms with Crippen molar-refractivity contribution in [3.05, 3.63) is 59.8 Å². The minimum atomic E-state index is -0.463. The number of carbonyl (C=O) groups is 1. The maximum absolute atomic E-state index is 13.6. The van der Waals surface area contributed by atoms with E-state index in [-0.39, 0.29) is 28.5 Å². The molecule has 0 unspecified atom stereocenters. The number of ether oxygens (including phenoxy) is 1. The van der Waals surface area contributed by atoms with Crippen LogP contribution in [0.1, 0.15) is 16.8 Å². The first-order valence-electron chi connectivity index (χ1n) is 8.01. The number of carbonyl (C=O) groups excluding carboxylic acids is 1. The Balaban J connectivity index is 1.35. The molecule has 1 aromatic heterocycles. The minimum absolute atomic E-state index is 0.0312. The average molecular weight is 362 g/mol. The zero-order valence-electron chi connectivity index (χ0n) is 13.3. The van der Waals surface area contributed by atoms with Gasteiger partial charge in [0.05, 0.1) is 4.75 Å². The molecule has 2 aromatic rings. The maximum atomic E-state index is 13.6. The summed E-state index contributed by atoms with van der Waals surface area (Å²) in [5.74, 6) is -0.135. The molecular weight excluding hydrogens is 346 g/mol. The largest absolute Gasteiger partial charge is 0.471 e. The van der Waals surface area contributed by atoms with Crippen molar-refractivity contribution in [2.75, 3.05) is 18.8 Å². The highest BCUT2D eigenvalue weighted by molar-refractivity contribution is 8.01. The summed E-state index contributed by atoms with van der Waals surface area (Å²) in [6.45, 7) is 1.25. The second-order valence-electron chi connectivity index (χ2n) is 6.40. The molecule has 130 valence electrons. The van der Waals surface area contributed by atoms with Crippen molar-refractivity contribution in [3.63, 3.8) is 0 Å². The number of hydrogen-bond acceptors (Lipinski definition) is 4. The first-order chi connectivity index (χ1) is 12.0. The number of likely N-dealkylation sites (tertiary alicyclic amines) is 1. The smallest absolute Gasteiger partial charge is 0.253 e. The van der Waals surface area contributed by atoms with Crippen LogP contribution in [0.5, 0.6) is 5.88 Å². The highest BCUT2D eigenvalue weighted by Gasteiger charge is 2.51. The molecule has 0 aliphatic carbocycles. The van der Waals surface area contributed by atoms with E-state index >= 15 is 0 Å². The fourth-order valence-corrected chi connectivity index (χ4v) is 4.81. The van der Waals surface area contributed by atoms with E-state index in [9.17, 15) is 13.6 Å². The van der Waals surface area contributed by atoms with Crippen LogP contribution in [0.3, 0.4) is 0 Å². The van der Waals surface area contributed by atoms with Gasteiger partial charge in [0, 0.05) is 37.0 Å². The van der Waals surface area contributed by atoms with E-state index in [1.54, 1.807) is 16.7 Å². The summed E-state index contributed by atoms with van der Waals surface area (Å²) in [4.78, 5) is 18.1. The third-order valence-corrected chi connectivity index (χ3v) is 6.09. The molecule has 4 nitrogen and oxygen atoms in total. The number of rotatable bonds is 3. The molecule has 0 radical (unpaired) electrons. The molecular formula is C18H16F2N2O2S. The molecule has 2 saturated heterocycles. The first kappa shape index (κ1) is 16.3. The summed E-state index contributed by atoms with van der Waals surface area (Å²) < 4.78 is 32.2. The van der Waals surface area contributed by atoms with E-state index in [0.717, 1.165) is 12.2 Å². The summed E-state index contributed by atoms with van der Waals surface area (Å²) in [5.41, 5.74) is 0.489. The van der Waals surface area contributed by atoms with Crippen LogP contribution < -0.4 is 4.74 Å². The van der Waals surface area contributed by atoms with Crippen LogP contribution in [0.15, 0.2) is 42.6 Å². The molecule has 0 saturated carbocycles. The van der Waals surface area contributed by atoms with Crippen molar-refractivity contribution in [3.8, 4) is 5.88 Å². The topological polar surface area (TPSA) is 42.4 Å². The average Bonchev–Trinajstić information content (AvgIpc) is 3.00. The van der Waals surface area contributed by atoms with Crippen molar-refractivity contribution in [2.45, 2.75) is 17.3 Å². The molecule has 1 atom stereocenters. The Morgan fingerprint density at radius 2 is 2.00 bits per heavy atom. The summed E-state index contributed by atoms with van der Waals surface area (Å²) >= 11 is 1.75. The zero-order chi connectivity index (χ0) is 17.4. The lowest BCUT2D eigenvalue weighted by atomic mass is 9.92. The Morgan fingerprint density at radius 1 is 1.24 bits per heavy atom. The molecule has 2 aliphatic rings. The van der Waals surface area contributed by atoms with Gasteiger partial charge in [0.2, 0.25) is 0 Å². The molecule has 0 N–H and O–H groups in total. The molecule has 2 fully saturated rings. The highest BCUT2D eigenvalue weighted by atomic mass is 32.2. The fraction of sp³-hybridized carbons (Fsp3) is 0.333. The Labute approximate surface area is 148 Å². The molecule has 1 amide bonds. The van der Waals surface area contributed by atoms with E-state index in [0.29, 0.717) is 18.7 Å². The van der Waals surface area contributed by atoms with E-state index in [2.05, 4.69) is 4.98 Å². The van der Waals surface area contributed by atoms with Crippen molar-refractivity contribution >= 4 is 17.7 Å². The molecule has 4 rings (SSSR count). The van der Waals surface area contributed by atoms with Crippen LogP contribution in [0.25, 0.3) is 0 Å². The number of aromatic nitrogens is 1. The quantitative estimate of drug-likeness (QED) is 0.841. The summed E-state index contributed by atoms with van der Waals surface area (Å²) in [5, 5.41) is 0. The van der Waals surface area contributed by atoms with E-state index in [1.165, 1.54) is 42.6 Å². The Kier molecular flexibility index (Phi) is 4.11. The van der Waals surface area contributed by atoms with Crippen LogP contribution >= 0.6 is 11.8 Å². The Hall–Kier alpha value is -2.15.